The molecule has 6 rings (SSSR count). The highest BCUT2D eigenvalue weighted by Gasteiger charge is 2.68. The molecular formula is C40H44N2O9. The van der Waals surface area contributed by atoms with Crippen LogP contribution in [0.15, 0.2) is 103 Å². The summed E-state index contributed by atoms with van der Waals surface area (Å²) in [6.45, 7) is 9.01. The summed E-state index contributed by atoms with van der Waals surface area (Å²) in [5.41, 5.74) is -2.26. The number of esters is 3. The molecule has 0 radical (unpaired) electrons. The van der Waals surface area contributed by atoms with Crippen molar-refractivity contribution in [3.63, 3.8) is 0 Å². The number of nitrogens with zero attached hydrogens (tertiary/aromatic N) is 2. The SMILES string of the molecule is C/C1=C\[C@H](OC(=O)c2cccnc2)[C@@]2(COC(=O)c3ccccc3)CC=C(C(C)(C)OO)[C@]2(C)[C@H](OC(=O)c2cccnc2)C[C@]2(C)O[C@H]2CC1. The van der Waals surface area contributed by atoms with E-state index in [4.69, 9.17) is 23.8 Å². The van der Waals surface area contributed by atoms with Crippen LogP contribution in [0.3, 0.4) is 0 Å². The largest absolute Gasteiger partial charge is 0.461 e. The molecule has 1 aliphatic heterocycles. The van der Waals surface area contributed by atoms with Gasteiger partial charge in [0.1, 0.15) is 24.4 Å². The van der Waals surface area contributed by atoms with E-state index < -0.39 is 52.1 Å². The van der Waals surface area contributed by atoms with Crippen LogP contribution in [-0.2, 0) is 23.8 Å². The highest BCUT2D eigenvalue weighted by atomic mass is 17.1. The Kier molecular flexibility index (Phi) is 10.0. The summed E-state index contributed by atoms with van der Waals surface area (Å²) in [4.78, 5) is 54.9. The molecule has 1 fully saturated rings. The van der Waals surface area contributed by atoms with Gasteiger partial charge in [-0.1, -0.05) is 36.8 Å². The van der Waals surface area contributed by atoms with Gasteiger partial charge in [-0.2, -0.15) is 0 Å². The van der Waals surface area contributed by atoms with Gasteiger partial charge in [0, 0.05) is 36.6 Å². The van der Waals surface area contributed by atoms with Crippen LogP contribution < -0.4 is 0 Å². The van der Waals surface area contributed by atoms with Crippen molar-refractivity contribution < 1.29 is 43.5 Å². The Bertz CT molecular complexity index is 1810. The van der Waals surface area contributed by atoms with Crippen LogP contribution >= 0.6 is 0 Å². The fraction of sp³-hybridized carbons (Fsp3) is 0.425. The Morgan fingerprint density at radius 1 is 0.902 bits per heavy atom. The molecule has 51 heavy (non-hydrogen) atoms. The average molecular weight is 697 g/mol. The van der Waals surface area contributed by atoms with Crippen molar-refractivity contribution in [2.45, 2.75) is 89.8 Å². The average Bonchev–Trinajstić information content (AvgIpc) is 3.68. The number of aromatic nitrogens is 2. The molecule has 0 unspecified atom stereocenters. The Morgan fingerprint density at radius 2 is 1.53 bits per heavy atom. The number of carbonyl (C=O) groups excluding carboxylic acids is 3. The number of fused-ring (bicyclic) bond motifs is 2. The van der Waals surface area contributed by atoms with Crippen LogP contribution in [0.5, 0.6) is 0 Å². The van der Waals surface area contributed by atoms with Crippen molar-refractivity contribution in [3.05, 3.63) is 119 Å². The second kappa shape index (κ2) is 14.1. The molecule has 11 heteroatoms. The molecule has 0 bridgehead atoms. The molecule has 2 aliphatic carbocycles. The van der Waals surface area contributed by atoms with E-state index in [9.17, 15) is 19.6 Å². The summed E-state index contributed by atoms with van der Waals surface area (Å²) in [5.74, 6) is -1.83. The number of carbonyl (C=O) groups is 3. The number of epoxide rings is 1. The summed E-state index contributed by atoms with van der Waals surface area (Å²) < 4.78 is 25.5. The van der Waals surface area contributed by atoms with Crippen LogP contribution in [0.25, 0.3) is 0 Å². The Hall–Kier alpha value is -4.71. The van der Waals surface area contributed by atoms with Crippen molar-refractivity contribution in [2.24, 2.45) is 10.8 Å². The molecule has 3 heterocycles. The van der Waals surface area contributed by atoms with Crippen LogP contribution in [0.4, 0.5) is 0 Å². The molecule has 0 saturated carbocycles. The highest BCUT2D eigenvalue weighted by molar-refractivity contribution is 5.90. The topological polar surface area (TPSA) is 147 Å². The van der Waals surface area contributed by atoms with E-state index in [1.54, 1.807) is 80.8 Å². The van der Waals surface area contributed by atoms with Gasteiger partial charge in [0.25, 0.3) is 0 Å². The van der Waals surface area contributed by atoms with Gasteiger partial charge < -0.3 is 18.9 Å². The van der Waals surface area contributed by atoms with E-state index in [0.717, 1.165) is 5.57 Å². The van der Waals surface area contributed by atoms with Gasteiger partial charge in [-0.15, -0.1) is 0 Å². The van der Waals surface area contributed by atoms with Crippen LogP contribution in [0.2, 0.25) is 0 Å². The zero-order valence-corrected chi connectivity index (χ0v) is 29.5. The minimum absolute atomic E-state index is 0.125. The first kappa shape index (κ1) is 36.1. The summed E-state index contributed by atoms with van der Waals surface area (Å²) in [6, 6.07) is 15.1. The third-order valence-corrected chi connectivity index (χ3v) is 10.9. The van der Waals surface area contributed by atoms with Gasteiger partial charge in [0.15, 0.2) is 0 Å². The lowest BCUT2D eigenvalue weighted by atomic mass is 9.55. The second-order valence-corrected chi connectivity index (χ2v) is 14.6. The Labute approximate surface area is 297 Å². The normalized spacial score (nSPS) is 29.9. The maximum Gasteiger partial charge on any atom is 0.340 e. The Balaban J connectivity index is 1.56. The lowest BCUT2D eigenvalue weighted by Crippen LogP contribution is -2.59. The monoisotopic (exact) mass is 696 g/mol. The molecule has 3 aromatic rings. The first-order chi connectivity index (χ1) is 24.3. The fourth-order valence-electron chi connectivity index (χ4n) is 7.87. The number of rotatable bonds is 9. The summed E-state index contributed by atoms with van der Waals surface area (Å²) in [6.07, 6.45) is 9.45. The summed E-state index contributed by atoms with van der Waals surface area (Å²) in [7, 11) is 0. The van der Waals surface area contributed by atoms with Gasteiger partial charge in [-0.05, 0) is 95.0 Å². The minimum Gasteiger partial charge on any atom is -0.461 e. The standard InChI is InChI=1S/C40H44N2O9/c1-26-15-16-31-38(4,50-31)22-33(49-36(45)29-14-10-20-42-24-29)39(5)30(37(2,3)51-46)17-18-40(39,25-47-34(43)27-11-7-6-8-12-27)32(21-26)48-35(44)28-13-9-19-41-23-28/h6-14,17,19-21,23-24,31-33,46H,15-16,18,22,25H2,1-5H3/b26-21+/t31-,32-,33+,38-,39+,40-/m0/s1. The molecule has 2 aromatic heterocycles. The van der Waals surface area contributed by atoms with E-state index in [2.05, 4.69) is 9.97 Å². The molecule has 268 valence electrons. The van der Waals surface area contributed by atoms with Crippen molar-refractivity contribution in [3.8, 4) is 0 Å². The molecule has 1 N–H and O–H groups in total. The van der Waals surface area contributed by atoms with Crippen LogP contribution in [-0.4, -0.2) is 69.3 Å². The number of benzene rings is 1. The molecule has 6 atom stereocenters. The minimum atomic E-state index is -1.32. The maximum atomic E-state index is 14.0. The van der Waals surface area contributed by atoms with Gasteiger partial charge >= 0.3 is 17.9 Å². The molecule has 3 aliphatic rings. The first-order valence-corrected chi connectivity index (χ1v) is 17.2. The predicted molar refractivity (Wildman–Crippen MR) is 186 cm³/mol. The van der Waals surface area contributed by atoms with Gasteiger partial charge in [-0.3, -0.25) is 15.2 Å². The highest BCUT2D eigenvalue weighted by Crippen LogP contribution is 2.64. The summed E-state index contributed by atoms with van der Waals surface area (Å²) >= 11 is 0. The third-order valence-electron chi connectivity index (χ3n) is 10.9. The molecule has 1 aromatic carbocycles. The van der Waals surface area contributed by atoms with Crippen molar-refractivity contribution in [2.75, 3.05) is 6.61 Å². The quantitative estimate of drug-likeness (QED) is 0.0618. The number of hydrogen-bond acceptors (Lipinski definition) is 11. The number of hydrogen-bond donors (Lipinski definition) is 1. The van der Waals surface area contributed by atoms with Gasteiger partial charge in [-0.25, -0.2) is 19.3 Å². The molecule has 0 amide bonds. The van der Waals surface area contributed by atoms with E-state index >= 15 is 0 Å². The van der Waals surface area contributed by atoms with Gasteiger partial charge in [0.05, 0.1) is 33.8 Å². The maximum absolute atomic E-state index is 14.0. The molecular weight excluding hydrogens is 652 g/mol. The zero-order valence-electron chi connectivity index (χ0n) is 29.5. The summed E-state index contributed by atoms with van der Waals surface area (Å²) in [5, 5.41) is 10.4. The first-order valence-electron chi connectivity index (χ1n) is 17.2. The smallest absolute Gasteiger partial charge is 0.340 e. The van der Waals surface area contributed by atoms with Crippen LogP contribution in [0.1, 0.15) is 91.4 Å². The van der Waals surface area contributed by atoms with Gasteiger partial charge in [0.2, 0.25) is 0 Å². The zero-order chi connectivity index (χ0) is 36.4. The third kappa shape index (κ3) is 6.98. The number of allylic oxidation sites excluding steroid dienone is 2. The fourth-order valence-corrected chi connectivity index (χ4v) is 7.87. The number of pyridine rings is 2. The number of ether oxygens (including phenoxy) is 4. The second-order valence-electron chi connectivity index (χ2n) is 14.6. The van der Waals surface area contributed by atoms with E-state index in [-0.39, 0.29) is 36.7 Å². The van der Waals surface area contributed by atoms with E-state index in [1.807, 2.05) is 32.9 Å². The van der Waals surface area contributed by atoms with E-state index in [1.165, 1.54) is 12.4 Å². The van der Waals surface area contributed by atoms with Crippen LogP contribution in [0, 0.1) is 10.8 Å². The van der Waals surface area contributed by atoms with E-state index in [0.29, 0.717) is 24.0 Å². The lowest BCUT2D eigenvalue weighted by Gasteiger charge is -2.53. The molecule has 11 nitrogen and oxygen atoms in total. The molecule has 1 saturated heterocycles. The van der Waals surface area contributed by atoms with Crippen molar-refractivity contribution in [1.29, 1.82) is 0 Å². The lowest BCUT2D eigenvalue weighted by molar-refractivity contribution is -0.306. The molecule has 0 spiro atoms. The Morgan fingerprint density at radius 3 is 2.14 bits per heavy atom. The van der Waals surface area contributed by atoms with Crippen molar-refractivity contribution in [1.82, 2.24) is 9.97 Å². The predicted octanol–water partition coefficient (Wildman–Crippen LogP) is 6.96. The van der Waals surface area contributed by atoms with Crippen molar-refractivity contribution >= 4 is 17.9 Å².